The Morgan fingerprint density at radius 3 is 2.20 bits per heavy atom. The van der Waals surface area contributed by atoms with Crippen LogP contribution in [-0.4, -0.2) is 27.5 Å². The molecule has 0 aliphatic carbocycles. The Kier molecular flexibility index (Phi) is 7.59. The van der Waals surface area contributed by atoms with Crippen molar-refractivity contribution in [1.82, 2.24) is 4.98 Å². The summed E-state index contributed by atoms with van der Waals surface area (Å²) in [6.07, 6.45) is 1.90. The van der Waals surface area contributed by atoms with E-state index in [1.807, 2.05) is 66.7 Å². The number of aromatic nitrogens is 1. The van der Waals surface area contributed by atoms with Crippen LogP contribution in [0.3, 0.4) is 0 Å². The summed E-state index contributed by atoms with van der Waals surface area (Å²) in [5.41, 5.74) is 4.00. The molecule has 1 aliphatic rings. The lowest BCUT2D eigenvalue weighted by molar-refractivity contribution is -0.114. The Morgan fingerprint density at radius 2 is 1.60 bits per heavy atom. The van der Waals surface area contributed by atoms with E-state index in [0.29, 0.717) is 32.9 Å². The van der Waals surface area contributed by atoms with E-state index >= 15 is 0 Å². The van der Waals surface area contributed by atoms with Crippen molar-refractivity contribution >= 4 is 67.7 Å². The fourth-order valence-electron chi connectivity index (χ4n) is 4.52. The Morgan fingerprint density at radius 1 is 0.975 bits per heavy atom. The fourth-order valence-corrected chi connectivity index (χ4v) is 6.41. The van der Waals surface area contributed by atoms with Crippen LogP contribution in [0.1, 0.15) is 58.2 Å². The second kappa shape index (κ2) is 10.7. The molecule has 0 radical (unpaired) electrons. The largest absolute Gasteiger partial charge is 0.507 e. The molecule has 0 saturated heterocycles. The lowest BCUT2D eigenvalue weighted by Crippen LogP contribution is -2.21. The number of carbonyl (C=O) groups is 1. The number of thiazole rings is 1. The van der Waals surface area contributed by atoms with Gasteiger partial charge in [0.15, 0.2) is 0 Å². The molecule has 3 aromatic carbocycles. The van der Waals surface area contributed by atoms with Gasteiger partial charge in [-0.05, 0) is 71.0 Å². The molecule has 0 unspecified atom stereocenters. The van der Waals surface area contributed by atoms with Gasteiger partial charge in [-0.15, -0.1) is 11.8 Å². The number of phenols is 1. The van der Waals surface area contributed by atoms with Crippen molar-refractivity contribution in [2.75, 3.05) is 10.8 Å². The number of halogens is 1. The molecule has 8 heteroatoms. The van der Waals surface area contributed by atoms with E-state index in [4.69, 9.17) is 16.7 Å². The van der Waals surface area contributed by atoms with Gasteiger partial charge in [-0.2, -0.15) is 10.1 Å². The molecular weight excluding hydrogens is 558 g/mol. The van der Waals surface area contributed by atoms with Crippen LogP contribution in [0.5, 0.6) is 5.75 Å². The smallest absolute Gasteiger partial charge is 0.282 e. The molecule has 1 amide bonds. The number of phenolic OH excluding ortho intramolecular Hbond substituents is 1. The maximum absolute atomic E-state index is 13.9. The third-order valence-electron chi connectivity index (χ3n) is 6.67. The molecular formula is C32H32ClN3O2S2. The SMILES string of the molecule is CC(C)(C)c1cc(C=C2C(=O)N(c3nc4ccccc4s3)N=C2CSc2ccc(Cl)cc2)cc(C(C)(C)C)c1O. The predicted octanol–water partition coefficient (Wildman–Crippen LogP) is 8.83. The minimum Gasteiger partial charge on any atom is -0.507 e. The zero-order valence-electron chi connectivity index (χ0n) is 23.4. The van der Waals surface area contributed by atoms with Gasteiger partial charge in [0.1, 0.15) is 5.75 Å². The van der Waals surface area contributed by atoms with Crippen LogP contribution in [0, 0.1) is 0 Å². The van der Waals surface area contributed by atoms with Gasteiger partial charge in [0.25, 0.3) is 5.91 Å². The highest BCUT2D eigenvalue weighted by molar-refractivity contribution is 8.00. The van der Waals surface area contributed by atoms with E-state index in [2.05, 4.69) is 46.5 Å². The van der Waals surface area contributed by atoms with Gasteiger partial charge in [0, 0.05) is 26.8 Å². The number of fused-ring (bicyclic) bond motifs is 1. The minimum absolute atomic E-state index is 0.214. The van der Waals surface area contributed by atoms with Gasteiger partial charge in [-0.25, -0.2) is 4.98 Å². The number of hydrazone groups is 1. The summed E-state index contributed by atoms with van der Waals surface area (Å²) in [5, 5.41) is 18.6. The Balaban J connectivity index is 1.60. The maximum Gasteiger partial charge on any atom is 0.282 e. The average molecular weight is 590 g/mol. The first-order valence-electron chi connectivity index (χ1n) is 13.1. The lowest BCUT2D eigenvalue weighted by atomic mass is 9.78. The third-order valence-corrected chi connectivity index (χ3v) is 8.95. The van der Waals surface area contributed by atoms with Gasteiger partial charge < -0.3 is 5.11 Å². The number of nitrogens with zero attached hydrogens (tertiary/aromatic N) is 3. The van der Waals surface area contributed by atoms with Crippen LogP contribution >= 0.6 is 34.7 Å². The van der Waals surface area contributed by atoms with Crippen molar-refractivity contribution in [3.63, 3.8) is 0 Å². The standard InChI is InChI=1S/C32H32ClN3O2S2/c1-31(2,3)23-16-19(17-24(28(23)37)32(4,5)6)15-22-26(18-39-21-13-11-20(33)12-14-21)35-36(29(22)38)30-34-25-9-7-8-10-27(25)40-30/h7-17,37H,18H2,1-6H3. The molecule has 0 atom stereocenters. The molecule has 1 N–H and O–H groups in total. The lowest BCUT2D eigenvalue weighted by Gasteiger charge is -2.28. The summed E-state index contributed by atoms with van der Waals surface area (Å²) in [6, 6.07) is 19.4. The van der Waals surface area contributed by atoms with Gasteiger partial charge in [-0.3, -0.25) is 4.79 Å². The quantitative estimate of drug-likeness (QED) is 0.186. The Labute approximate surface area is 248 Å². The molecule has 2 heterocycles. The third kappa shape index (κ3) is 5.82. The summed E-state index contributed by atoms with van der Waals surface area (Å²) < 4.78 is 0.998. The van der Waals surface area contributed by atoms with Gasteiger partial charge in [-0.1, -0.05) is 76.6 Å². The summed E-state index contributed by atoms with van der Waals surface area (Å²) in [7, 11) is 0. The number of thioether (sulfide) groups is 1. The van der Waals surface area contributed by atoms with E-state index in [1.54, 1.807) is 11.8 Å². The fraction of sp³-hybridized carbons (Fsp3) is 0.281. The normalized spacial score (nSPS) is 15.4. The van der Waals surface area contributed by atoms with Crippen LogP contribution in [0.25, 0.3) is 16.3 Å². The highest BCUT2D eigenvalue weighted by Crippen LogP contribution is 2.41. The van der Waals surface area contributed by atoms with Crippen molar-refractivity contribution < 1.29 is 9.90 Å². The van der Waals surface area contributed by atoms with E-state index < -0.39 is 0 Å². The first-order chi connectivity index (χ1) is 18.8. The van der Waals surface area contributed by atoms with Crippen molar-refractivity contribution in [2.45, 2.75) is 57.3 Å². The molecule has 1 aromatic heterocycles. The highest BCUT2D eigenvalue weighted by atomic mass is 35.5. The van der Waals surface area contributed by atoms with E-state index in [0.717, 1.165) is 31.8 Å². The first-order valence-corrected chi connectivity index (χ1v) is 15.3. The highest BCUT2D eigenvalue weighted by Gasteiger charge is 2.34. The van der Waals surface area contributed by atoms with Crippen LogP contribution in [0.15, 0.2) is 76.2 Å². The van der Waals surface area contributed by atoms with E-state index in [1.165, 1.54) is 16.3 Å². The van der Waals surface area contributed by atoms with Gasteiger partial charge in [0.2, 0.25) is 5.13 Å². The van der Waals surface area contributed by atoms with Crippen LogP contribution in [0.4, 0.5) is 5.13 Å². The summed E-state index contributed by atoms with van der Waals surface area (Å²) >= 11 is 9.12. The molecule has 1 aliphatic heterocycles. The number of para-hydroxylation sites is 1. The van der Waals surface area contributed by atoms with Crippen molar-refractivity contribution in [2.24, 2.45) is 5.10 Å². The van der Waals surface area contributed by atoms with Gasteiger partial charge in [0.05, 0.1) is 21.5 Å². The van der Waals surface area contributed by atoms with E-state index in [-0.39, 0.29) is 16.7 Å². The second-order valence-electron chi connectivity index (χ2n) is 11.9. The molecule has 40 heavy (non-hydrogen) atoms. The van der Waals surface area contributed by atoms with Gasteiger partial charge >= 0.3 is 0 Å². The minimum atomic E-state index is -0.285. The number of hydrogen-bond donors (Lipinski definition) is 1. The number of anilines is 1. The topological polar surface area (TPSA) is 65.8 Å². The van der Waals surface area contributed by atoms with Crippen LogP contribution < -0.4 is 5.01 Å². The molecule has 0 spiro atoms. The number of benzene rings is 3. The van der Waals surface area contributed by atoms with Crippen molar-refractivity contribution in [1.29, 1.82) is 0 Å². The Hall–Kier alpha value is -3.13. The number of rotatable bonds is 5. The summed E-state index contributed by atoms with van der Waals surface area (Å²) in [6.45, 7) is 12.5. The van der Waals surface area contributed by atoms with Crippen molar-refractivity contribution in [3.8, 4) is 5.75 Å². The first kappa shape index (κ1) is 28.4. The zero-order valence-corrected chi connectivity index (χ0v) is 25.8. The number of aromatic hydroxyl groups is 1. The van der Waals surface area contributed by atoms with E-state index in [9.17, 15) is 9.90 Å². The van der Waals surface area contributed by atoms with Crippen LogP contribution in [-0.2, 0) is 15.6 Å². The molecule has 0 bridgehead atoms. The molecule has 5 rings (SSSR count). The summed E-state index contributed by atoms with van der Waals surface area (Å²) in [5.74, 6) is 0.591. The van der Waals surface area contributed by atoms with Crippen LogP contribution in [0.2, 0.25) is 5.02 Å². The number of amides is 1. The molecule has 4 aromatic rings. The number of carbonyl (C=O) groups excluding carboxylic acids is 1. The maximum atomic E-state index is 13.9. The Bertz CT molecular complexity index is 1590. The molecule has 206 valence electrons. The molecule has 0 fully saturated rings. The van der Waals surface area contributed by atoms with Crippen molar-refractivity contribution in [3.05, 3.63) is 87.9 Å². The number of hydrogen-bond acceptors (Lipinski definition) is 6. The average Bonchev–Trinajstić information content (AvgIpc) is 3.44. The molecule has 0 saturated carbocycles. The molecule has 5 nitrogen and oxygen atoms in total. The zero-order chi connectivity index (χ0) is 28.8. The second-order valence-corrected chi connectivity index (χ2v) is 14.4. The monoisotopic (exact) mass is 589 g/mol. The predicted molar refractivity (Wildman–Crippen MR) is 170 cm³/mol. The summed E-state index contributed by atoms with van der Waals surface area (Å²) in [4.78, 5) is 19.6.